The molecular formula is C37H31BNO2. The molecule has 1 radical (unpaired) electrons. The lowest BCUT2D eigenvalue weighted by atomic mass is 9.64. The molecule has 6 aromatic rings. The summed E-state index contributed by atoms with van der Waals surface area (Å²) < 4.78 is 8.70. The fraction of sp³-hybridized carbons (Fsp3) is 0.189. The standard InChI is InChI=1S/C37H31BNO2/c1-35(2,40)36(3,4)41-38-23-20-21-25-24-12-5-7-15-28(24)37(31(25)22-23)29-16-8-10-19-33(29)39-32-18-9-6-13-26(32)27-14-11-17-30(37)34(27)39/h5-22,40H,1-4H3. The summed E-state index contributed by atoms with van der Waals surface area (Å²) in [6.07, 6.45) is 0. The normalized spacial score (nSPS) is 17.1. The maximum Gasteiger partial charge on any atom is 0.330 e. The molecule has 0 saturated heterocycles. The van der Waals surface area contributed by atoms with Crippen molar-refractivity contribution < 1.29 is 9.76 Å². The lowest BCUT2D eigenvalue weighted by molar-refractivity contribution is -0.0893. The molecular weight excluding hydrogens is 501 g/mol. The highest BCUT2D eigenvalue weighted by molar-refractivity contribution is 6.47. The molecule has 4 heteroatoms. The SMILES string of the molecule is CC(C)(O)C(C)(C)O[B]c1ccc2c(c1)C1(c3ccccc3-2)c2ccccc2-n2c3ccccc3c3cccc1c32. The zero-order valence-electron chi connectivity index (χ0n) is 23.8. The highest BCUT2D eigenvalue weighted by Crippen LogP contribution is 2.60. The third-order valence-corrected chi connectivity index (χ3v) is 9.68. The van der Waals surface area contributed by atoms with Gasteiger partial charge in [-0.2, -0.15) is 0 Å². The van der Waals surface area contributed by atoms with Crippen molar-refractivity contribution in [2.24, 2.45) is 0 Å². The lowest BCUT2D eigenvalue weighted by Crippen LogP contribution is -2.49. The first-order chi connectivity index (χ1) is 19.7. The number of hydrogen-bond donors (Lipinski definition) is 1. The summed E-state index contributed by atoms with van der Waals surface area (Å²) in [6.45, 7) is 7.41. The maximum atomic E-state index is 10.7. The topological polar surface area (TPSA) is 34.4 Å². The van der Waals surface area contributed by atoms with Crippen LogP contribution in [0.3, 0.4) is 0 Å². The molecule has 1 unspecified atom stereocenters. The number of rotatable bonds is 4. The number of hydrogen-bond acceptors (Lipinski definition) is 2. The molecule has 8 rings (SSSR count). The van der Waals surface area contributed by atoms with Gasteiger partial charge in [0.25, 0.3) is 0 Å². The van der Waals surface area contributed by atoms with Crippen molar-refractivity contribution in [2.45, 2.75) is 44.3 Å². The fourth-order valence-corrected chi connectivity index (χ4v) is 7.01. The summed E-state index contributed by atoms with van der Waals surface area (Å²) in [5.74, 6) is 0. The summed E-state index contributed by atoms with van der Waals surface area (Å²) in [5.41, 5.74) is 10.1. The molecule has 0 amide bonds. The van der Waals surface area contributed by atoms with Gasteiger partial charge in [-0.1, -0.05) is 103 Å². The van der Waals surface area contributed by atoms with Gasteiger partial charge < -0.3 is 14.3 Å². The Balaban J connectivity index is 1.46. The molecule has 1 N–H and O–H groups in total. The Labute approximate surface area is 241 Å². The zero-order chi connectivity index (χ0) is 28.1. The smallest absolute Gasteiger partial charge is 0.330 e. The monoisotopic (exact) mass is 532 g/mol. The van der Waals surface area contributed by atoms with E-state index in [0.29, 0.717) is 0 Å². The Morgan fingerprint density at radius 3 is 2.15 bits per heavy atom. The van der Waals surface area contributed by atoms with Crippen molar-refractivity contribution >= 4 is 34.8 Å². The van der Waals surface area contributed by atoms with Crippen LogP contribution in [0.2, 0.25) is 0 Å². The second kappa shape index (κ2) is 8.22. The molecule has 2 aliphatic rings. The van der Waals surface area contributed by atoms with Gasteiger partial charge in [0.2, 0.25) is 0 Å². The van der Waals surface area contributed by atoms with Gasteiger partial charge in [-0.05, 0) is 73.2 Å². The molecule has 1 atom stereocenters. The van der Waals surface area contributed by atoms with Gasteiger partial charge in [-0.15, -0.1) is 0 Å². The Morgan fingerprint density at radius 1 is 0.659 bits per heavy atom. The van der Waals surface area contributed by atoms with Gasteiger partial charge >= 0.3 is 7.48 Å². The second-order valence-corrected chi connectivity index (χ2v) is 12.5. The minimum absolute atomic E-state index is 0.484. The Kier molecular flexibility index (Phi) is 4.95. The molecule has 1 spiro atoms. The Bertz CT molecular complexity index is 2030. The molecule has 5 aromatic carbocycles. The summed E-state index contributed by atoms with van der Waals surface area (Å²) in [6, 6.07) is 40.0. The number of para-hydroxylation sites is 3. The van der Waals surface area contributed by atoms with E-state index in [9.17, 15) is 5.11 Å². The van der Waals surface area contributed by atoms with Crippen molar-refractivity contribution in [1.82, 2.24) is 4.57 Å². The molecule has 3 nitrogen and oxygen atoms in total. The Morgan fingerprint density at radius 2 is 1.32 bits per heavy atom. The van der Waals surface area contributed by atoms with E-state index < -0.39 is 16.6 Å². The van der Waals surface area contributed by atoms with E-state index in [4.69, 9.17) is 4.65 Å². The largest absolute Gasteiger partial charge is 0.427 e. The number of benzene rings is 5. The summed E-state index contributed by atoms with van der Waals surface area (Å²) in [4.78, 5) is 0. The minimum Gasteiger partial charge on any atom is -0.427 e. The van der Waals surface area contributed by atoms with E-state index in [1.165, 1.54) is 60.9 Å². The van der Waals surface area contributed by atoms with Crippen molar-refractivity contribution in [2.75, 3.05) is 0 Å². The van der Waals surface area contributed by atoms with E-state index in [-0.39, 0.29) is 0 Å². The first kappa shape index (κ1) is 24.7. The van der Waals surface area contributed by atoms with Gasteiger partial charge in [-0.25, -0.2) is 0 Å². The molecule has 1 aliphatic heterocycles. The van der Waals surface area contributed by atoms with Crippen molar-refractivity contribution in [3.8, 4) is 16.8 Å². The second-order valence-electron chi connectivity index (χ2n) is 12.5. The third-order valence-electron chi connectivity index (χ3n) is 9.68. The molecule has 1 aliphatic carbocycles. The quantitative estimate of drug-likeness (QED) is 0.242. The third kappa shape index (κ3) is 3.12. The van der Waals surface area contributed by atoms with Gasteiger partial charge in [0.15, 0.2) is 0 Å². The van der Waals surface area contributed by atoms with Crippen LogP contribution in [0.15, 0.2) is 109 Å². The van der Waals surface area contributed by atoms with E-state index in [1.54, 1.807) is 21.3 Å². The first-order valence-corrected chi connectivity index (χ1v) is 14.3. The summed E-state index contributed by atoms with van der Waals surface area (Å²) >= 11 is 0. The van der Waals surface area contributed by atoms with E-state index >= 15 is 0 Å². The lowest BCUT2D eigenvalue weighted by Gasteiger charge is -2.40. The van der Waals surface area contributed by atoms with Gasteiger partial charge in [0.05, 0.1) is 33.3 Å². The van der Waals surface area contributed by atoms with Gasteiger partial charge in [0.1, 0.15) is 0 Å². The van der Waals surface area contributed by atoms with Crippen LogP contribution in [0.1, 0.15) is 49.9 Å². The van der Waals surface area contributed by atoms with Crippen LogP contribution in [-0.2, 0) is 10.1 Å². The van der Waals surface area contributed by atoms with E-state index in [1.807, 2.05) is 13.8 Å². The fourth-order valence-electron chi connectivity index (χ4n) is 7.01. The zero-order valence-corrected chi connectivity index (χ0v) is 23.8. The van der Waals surface area contributed by atoms with Crippen LogP contribution >= 0.6 is 0 Å². The summed E-state index contributed by atoms with van der Waals surface area (Å²) in [7, 11) is 1.81. The summed E-state index contributed by atoms with van der Waals surface area (Å²) in [5, 5.41) is 13.2. The number of fused-ring (bicyclic) bond motifs is 12. The van der Waals surface area contributed by atoms with E-state index in [2.05, 4.69) is 114 Å². The van der Waals surface area contributed by atoms with Crippen molar-refractivity contribution in [3.05, 3.63) is 131 Å². The number of aliphatic hydroxyl groups is 1. The van der Waals surface area contributed by atoms with Crippen LogP contribution in [0.5, 0.6) is 0 Å². The van der Waals surface area contributed by atoms with Crippen LogP contribution in [0.25, 0.3) is 38.6 Å². The van der Waals surface area contributed by atoms with Crippen LogP contribution in [0.4, 0.5) is 0 Å². The number of nitrogens with zero attached hydrogens (tertiary/aromatic N) is 1. The predicted molar refractivity (Wildman–Crippen MR) is 168 cm³/mol. The highest BCUT2D eigenvalue weighted by Gasteiger charge is 2.50. The van der Waals surface area contributed by atoms with Gasteiger partial charge in [-0.3, -0.25) is 0 Å². The predicted octanol–water partition coefficient (Wildman–Crippen LogP) is 7.27. The van der Waals surface area contributed by atoms with Crippen LogP contribution in [0, 0.1) is 0 Å². The molecule has 199 valence electrons. The molecule has 1 aromatic heterocycles. The molecule has 2 heterocycles. The average molecular weight is 532 g/mol. The molecule has 41 heavy (non-hydrogen) atoms. The first-order valence-electron chi connectivity index (χ1n) is 14.3. The Hall–Kier alpha value is -4.12. The molecule has 0 fully saturated rings. The van der Waals surface area contributed by atoms with Crippen molar-refractivity contribution in [1.29, 1.82) is 0 Å². The van der Waals surface area contributed by atoms with E-state index in [0.717, 1.165) is 5.46 Å². The maximum absolute atomic E-state index is 10.7. The van der Waals surface area contributed by atoms with Gasteiger partial charge in [0, 0.05) is 10.8 Å². The number of aromatic nitrogens is 1. The molecule has 0 saturated carbocycles. The average Bonchev–Trinajstić information content (AvgIpc) is 3.46. The van der Waals surface area contributed by atoms with Crippen molar-refractivity contribution in [3.63, 3.8) is 0 Å². The van der Waals surface area contributed by atoms with Crippen LogP contribution < -0.4 is 5.46 Å². The highest BCUT2D eigenvalue weighted by atomic mass is 16.5. The molecule has 0 bridgehead atoms. The minimum atomic E-state index is -0.997. The van der Waals surface area contributed by atoms with Crippen LogP contribution in [-0.4, -0.2) is 28.4 Å².